The summed E-state index contributed by atoms with van der Waals surface area (Å²) in [5, 5.41) is 8.33. The number of nitrogens with zero attached hydrogens (tertiary/aromatic N) is 2. The minimum absolute atomic E-state index is 0.220. The Morgan fingerprint density at radius 3 is 2.27 bits per heavy atom. The SMILES string of the molecule is Clc1cc(-c2ccc(Br)cc2)nnc1Cl. The van der Waals surface area contributed by atoms with E-state index in [2.05, 4.69) is 26.1 Å². The maximum absolute atomic E-state index is 5.85. The molecule has 1 aromatic heterocycles. The van der Waals surface area contributed by atoms with Gasteiger partial charge in [0.15, 0.2) is 5.15 Å². The third-order valence-corrected chi connectivity index (χ3v) is 3.04. The molecule has 0 radical (unpaired) electrons. The molecule has 5 heteroatoms. The van der Waals surface area contributed by atoms with Crippen LogP contribution < -0.4 is 0 Å². The second-order valence-electron chi connectivity index (χ2n) is 2.88. The molecule has 0 amide bonds. The van der Waals surface area contributed by atoms with Gasteiger partial charge in [-0.05, 0) is 18.2 Å². The fourth-order valence-electron chi connectivity index (χ4n) is 1.12. The topological polar surface area (TPSA) is 25.8 Å². The van der Waals surface area contributed by atoms with Crippen molar-refractivity contribution in [3.8, 4) is 11.3 Å². The Hall–Kier alpha value is -0.640. The molecule has 0 atom stereocenters. The number of benzene rings is 1. The molecule has 0 aliphatic rings. The molecule has 76 valence electrons. The predicted octanol–water partition coefficient (Wildman–Crippen LogP) is 4.21. The van der Waals surface area contributed by atoms with E-state index in [4.69, 9.17) is 23.2 Å². The van der Waals surface area contributed by atoms with Crippen LogP contribution in [0, 0.1) is 0 Å². The average molecular weight is 304 g/mol. The third-order valence-electron chi connectivity index (χ3n) is 1.85. The Labute approximate surface area is 105 Å². The number of hydrogen-bond acceptors (Lipinski definition) is 2. The lowest BCUT2D eigenvalue weighted by Crippen LogP contribution is -1.88. The molecule has 0 bridgehead atoms. The first-order valence-corrected chi connectivity index (χ1v) is 5.66. The van der Waals surface area contributed by atoms with Crippen LogP contribution in [0.3, 0.4) is 0 Å². The molecule has 2 nitrogen and oxygen atoms in total. The van der Waals surface area contributed by atoms with Crippen LogP contribution in [0.5, 0.6) is 0 Å². The molecule has 0 saturated carbocycles. The van der Waals surface area contributed by atoms with E-state index < -0.39 is 0 Å². The molecule has 0 saturated heterocycles. The number of halogens is 3. The fraction of sp³-hybridized carbons (Fsp3) is 0. The smallest absolute Gasteiger partial charge is 0.149 e. The summed E-state index contributed by atoms with van der Waals surface area (Å²) in [6, 6.07) is 9.41. The zero-order chi connectivity index (χ0) is 10.8. The number of aromatic nitrogens is 2. The first-order chi connectivity index (χ1) is 7.16. The zero-order valence-corrected chi connectivity index (χ0v) is 10.5. The van der Waals surface area contributed by atoms with Gasteiger partial charge in [-0.2, -0.15) is 0 Å². The quantitative estimate of drug-likeness (QED) is 0.788. The van der Waals surface area contributed by atoms with Crippen LogP contribution in [0.1, 0.15) is 0 Å². The summed E-state index contributed by atoms with van der Waals surface area (Å²) in [7, 11) is 0. The molecule has 1 heterocycles. The first-order valence-electron chi connectivity index (χ1n) is 4.11. The lowest BCUT2D eigenvalue weighted by molar-refractivity contribution is 1.04. The van der Waals surface area contributed by atoms with Crippen molar-refractivity contribution in [2.24, 2.45) is 0 Å². The van der Waals surface area contributed by atoms with Crippen LogP contribution in [0.2, 0.25) is 10.2 Å². The van der Waals surface area contributed by atoms with Crippen molar-refractivity contribution in [1.82, 2.24) is 10.2 Å². The molecule has 2 rings (SSSR count). The van der Waals surface area contributed by atoms with Gasteiger partial charge in [0, 0.05) is 10.0 Å². The van der Waals surface area contributed by atoms with Crippen molar-refractivity contribution >= 4 is 39.1 Å². The highest BCUT2D eigenvalue weighted by Crippen LogP contribution is 2.25. The van der Waals surface area contributed by atoms with Crippen LogP contribution in [-0.2, 0) is 0 Å². The van der Waals surface area contributed by atoms with Crippen LogP contribution >= 0.6 is 39.1 Å². The Morgan fingerprint density at radius 1 is 1.00 bits per heavy atom. The largest absolute Gasteiger partial charge is 0.170 e. The summed E-state index contributed by atoms with van der Waals surface area (Å²) >= 11 is 14.9. The standard InChI is InChI=1S/C10H5BrCl2N2/c11-7-3-1-6(2-4-7)9-5-8(12)10(13)15-14-9/h1-5H. The second-order valence-corrected chi connectivity index (χ2v) is 4.56. The molecule has 0 N–H and O–H groups in total. The summed E-state index contributed by atoms with van der Waals surface area (Å²) in [5.41, 5.74) is 1.65. The molecular formula is C10H5BrCl2N2. The van der Waals surface area contributed by atoms with E-state index in [-0.39, 0.29) is 5.15 Å². The molecule has 0 fully saturated rings. The lowest BCUT2D eigenvalue weighted by atomic mass is 10.1. The minimum Gasteiger partial charge on any atom is -0.149 e. The van der Waals surface area contributed by atoms with Crippen LogP contribution in [0.15, 0.2) is 34.8 Å². The van der Waals surface area contributed by atoms with E-state index in [1.54, 1.807) is 6.07 Å². The average Bonchev–Trinajstić information content (AvgIpc) is 2.23. The van der Waals surface area contributed by atoms with Gasteiger partial charge in [-0.15, -0.1) is 10.2 Å². The van der Waals surface area contributed by atoms with E-state index in [9.17, 15) is 0 Å². The Morgan fingerprint density at radius 2 is 1.67 bits per heavy atom. The summed E-state index contributed by atoms with van der Waals surface area (Å²) in [6.45, 7) is 0. The van der Waals surface area contributed by atoms with Crippen molar-refractivity contribution in [3.05, 3.63) is 45.0 Å². The van der Waals surface area contributed by atoms with Crippen molar-refractivity contribution in [2.75, 3.05) is 0 Å². The Bertz CT molecular complexity index is 485. The van der Waals surface area contributed by atoms with Crippen LogP contribution in [-0.4, -0.2) is 10.2 Å². The maximum Gasteiger partial charge on any atom is 0.170 e. The van der Waals surface area contributed by atoms with Crippen molar-refractivity contribution in [1.29, 1.82) is 0 Å². The van der Waals surface area contributed by atoms with E-state index >= 15 is 0 Å². The van der Waals surface area contributed by atoms with Crippen molar-refractivity contribution in [2.45, 2.75) is 0 Å². The van der Waals surface area contributed by atoms with Gasteiger partial charge in [0.2, 0.25) is 0 Å². The number of rotatable bonds is 1. The molecule has 0 aliphatic heterocycles. The molecule has 0 unspecified atom stereocenters. The Kier molecular flexibility index (Phi) is 3.24. The molecule has 0 spiro atoms. The molecule has 2 aromatic rings. The van der Waals surface area contributed by atoms with E-state index in [0.717, 1.165) is 10.0 Å². The van der Waals surface area contributed by atoms with Gasteiger partial charge in [-0.3, -0.25) is 0 Å². The van der Waals surface area contributed by atoms with Gasteiger partial charge in [-0.25, -0.2) is 0 Å². The highest BCUT2D eigenvalue weighted by molar-refractivity contribution is 9.10. The van der Waals surface area contributed by atoms with Gasteiger partial charge >= 0.3 is 0 Å². The van der Waals surface area contributed by atoms with Gasteiger partial charge < -0.3 is 0 Å². The summed E-state index contributed by atoms with van der Waals surface area (Å²) in [4.78, 5) is 0. The third kappa shape index (κ3) is 2.48. The van der Waals surface area contributed by atoms with Crippen LogP contribution in [0.4, 0.5) is 0 Å². The van der Waals surface area contributed by atoms with Gasteiger partial charge in [-0.1, -0.05) is 51.3 Å². The fourth-order valence-corrected chi connectivity index (χ4v) is 1.61. The van der Waals surface area contributed by atoms with E-state index in [1.165, 1.54) is 0 Å². The predicted molar refractivity (Wildman–Crippen MR) is 65.2 cm³/mol. The molecule has 1 aromatic carbocycles. The van der Waals surface area contributed by atoms with E-state index in [1.807, 2.05) is 24.3 Å². The summed E-state index contributed by atoms with van der Waals surface area (Å²) in [5.74, 6) is 0. The number of hydrogen-bond donors (Lipinski definition) is 0. The first kappa shape index (κ1) is 10.9. The normalized spacial score (nSPS) is 10.3. The lowest BCUT2D eigenvalue weighted by Gasteiger charge is -2.01. The monoisotopic (exact) mass is 302 g/mol. The molecule has 15 heavy (non-hydrogen) atoms. The molecular weight excluding hydrogens is 299 g/mol. The zero-order valence-electron chi connectivity index (χ0n) is 7.42. The summed E-state index contributed by atoms with van der Waals surface area (Å²) < 4.78 is 1.01. The van der Waals surface area contributed by atoms with Crippen molar-refractivity contribution < 1.29 is 0 Å². The van der Waals surface area contributed by atoms with Gasteiger partial charge in [0.25, 0.3) is 0 Å². The second kappa shape index (κ2) is 4.47. The van der Waals surface area contributed by atoms with Crippen molar-refractivity contribution in [3.63, 3.8) is 0 Å². The molecule has 0 aliphatic carbocycles. The minimum atomic E-state index is 0.220. The highest BCUT2D eigenvalue weighted by Gasteiger charge is 2.04. The maximum atomic E-state index is 5.85. The van der Waals surface area contributed by atoms with Gasteiger partial charge in [0.05, 0.1) is 10.7 Å². The Balaban J connectivity index is 2.45. The highest BCUT2D eigenvalue weighted by atomic mass is 79.9. The van der Waals surface area contributed by atoms with Gasteiger partial charge in [0.1, 0.15) is 0 Å². The van der Waals surface area contributed by atoms with Crippen LogP contribution in [0.25, 0.3) is 11.3 Å². The van der Waals surface area contributed by atoms with E-state index in [0.29, 0.717) is 10.7 Å². The summed E-state index contributed by atoms with van der Waals surface area (Å²) in [6.07, 6.45) is 0.